The van der Waals surface area contributed by atoms with Crippen LogP contribution in [0.25, 0.3) is 0 Å². The molecule has 3 rings (SSSR count). The Balaban J connectivity index is 1.63. The van der Waals surface area contributed by atoms with Gasteiger partial charge in [0, 0.05) is 12.5 Å². The SMILES string of the molecule is COc1ccc(S(=O)(=O)CCC(=O)Nc2cc(C)nn2Cc2ccccc2)cc1. The average Bonchev–Trinajstić information content (AvgIpc) is 3.06. The third-order valence-corrected chi connectivity index (χ3v) is 6.09. The molecule has 0 spiro atoms. The summed E-state index contributed by atoms with van der Waals surface area (Å²) in [5.74, 6) is 0.454. The van der Waals surface area contributed by atoms with Crippen LogP contribution < -0.4 is 10.1 Å². The van der Waals surface area contributed by atoms with Gasteiger partial charge in [0.1, 0.15) is 11.6 Å². The number of aryl methyl sites for hydroxylation is 1. The first-order valence-corrected chi connectivity index (χ1v) is 10.8. The van der Waals surface area contributed by atoms with Gasteiger partial charge < -0.3 is 10.1 Å². The highest BCUT2D eigenvalue weighted by molar-refractivity contribution is 7.91. The maximum Gasteiger partial charge on any atom is 0.226 e. The highest BCUT2D eigenvalue weighted by atomic mass is 32.2. The molecule has 0 fully saturated rings. The summed E-state index contributed by atoms with van der Waals surface area (Å²) in [7, 11) is -2.05. The van der Waals surface area contributed by atoms with Crippen molar-refractivity contribution in [1.82, 2.24) is 9.78 Å². The van der Waals surface area contributed by atoms with Crippen molar-refractivity contribution < 1.29 is 17.9 Å². The van der Waals surface area contributed by atoms with Crippen LogP contribution in [0.5, 0.6) is 5.75 Å². The Bertz CT molecular complexity index is 1070. The van der Waals surface area contributed by atoms with Crippen LogP contribution in [0.4, 0.5) is 5.82 Å². The molecule has 7 nitrogen and oxygen atoms in total. The molecule has 1 aromatic heterocycles. The Morgan fingerprint density at radius 3 is 2.45 bits per heavy atom. The van der Waals surface area contributed by atoms with Gasteiger partial charge in [-0.05, 0) is 36.8 Å². The highest BCUT2D eigenvalue weighted by Gasteiger charge is 2.18. The zero-order valence-corrected chi connectivity index (χ0v) is 17.1. The highest BCUT2D eigenvalue weighted by Crippen LogP contribution is 2.18. The molecule has 0 aliphatic carbocycles. The summed E-state index contributed by atoms with van der Waals surface area (Å²) in [6.45, 7) is 2.35. The van der Waals surface area contributed by atoms with Crippen LogP contribution in [0.1, 0.15) is 17.7 Å². The van der Waals surface area contributed by atoms with Crippen molar-refractivity contribution in [3.63, 3.8) is 0 Å². The van der Waals surface area contributed by atoms with E-state index >= 15 is 0 Å². The van der Waals surface area contributed by atoms with Gasteiger partial charge in [-0.3, -0.25) is 4.79 Å². The minimum atomic E-state index is -3.56. The molecule has 1 N–H and O–H groups in total. The van der Waals surface area contributed by atoms with E-state index < -0.39 is 9.84 Å². The number of nitrogens with zero attached hydrogens (tertiary/aromatic N) is 2. The van der Waals surface area contributed by atoms with E-state index in [1.54, 1.807) is 22.9 Å². The molecule has 2 aromatic carbocycles. The van der Waals surface area contributed by atoms with Crippen LogP contribution in [-0.4, -0.2) is 37.0 Å². The Morgan fingerprint density at radius 1 is 1.10 bits per heavy atom. The van der Waals surface area contributed by atoms with Crippen LogP contribution in [0.3, 0.4) is 0 Å². The fourth-order valence-electron chi connectivity index (χ4n) is 2.86. The maximum atomic E-state index is 12.5. The van der Waals surface area contributed by atoms with E-state index in [-0.39, 0.29) is 23.0 Å². The number of rotatable bonds is 8. The minimum Gasteiger partial charge on any atom is -0.497 e. The van der Waals surface area contributed by atoms with Crippen LogP contribution in [0.2, 0.25) is 0 Å². The second kappa shape index (κ2) is 8.91. The van der Waals surface area contributed by atoms with Crippen molar-refractivity contribution in [2.75, 3.05) is 18.2 Å². The molecule has 0 radical (unpaired) electrons. The average molecular weight is 413 g/mol. The summed E-state index contributed by atoms with van der Waals surface area (Å²) in [6.07, 6.45) is -0.149. The van der Waals surface area contributed by atoms with Gasteiger partial charge in [0.25, 0.3) is 0 Å². The molecular formula is C21H23N3O4S. The van der Waals surface area contributed by atoms with Crippen LogP contribution in [-0.2, 0) is 21.2 Å². The summed E-state index contributed by atoms with van der Waals surface area (Å²) in [4.78, 5) is 12.5. The molecule has 3 aromatic rings. The molecule has 0 saturated carbocycles. The second-order valence-corrected chi connectivity index (χ2v) is 8.72. The van der Waals surface area contributed by atoms with Gasteiger partial charge in [0.2, 0.25) is 5.91 Å². The van der Waals surface area contributed by atoms with Gasteiger partial charge in [-0.1, -0.05) is 30.3 Å². The number of hydrogen-bond donors (Lipinski definition) is 1. The number of carbonyl (C=O) groups excluding carboxylic acids is 1. The first kappa shape index (κ1) is 20.6. The van der Waals surface area contributed by atoms with E-state index in [0.717, 1.165) is 11.3 Å². The third kappa shape index (κ3) is 5.45. The number of methoxy groups -OCH3 is 1. The molecule has 1 amide bonds. The third-order valence-electron chi connectivity index (χ3n) is 4.36. The molecule has 0 saturated heterocycles. The number of amides is 1. The number of aromatic nitrogens is 2. The van der Waals surface area contributed by atoms with Crippen molar-refractivity contribution in [2.24, 2.45) is 0 Å². The number of sulfone groups is 1. The molecule has 0 aliphatic rings. The first-order valence-electron chi connectivity index (χ1n) is 9.12. The van der Waals surface area contributed by atoms with Gasteiger partial charge in [0.15, 0.2) is 9.84 Å². The number of nitrogens with one attached hydrogen (secondary N) is 1. The summed E-state index contributed by atoms with van der Waals surface area (Å²) in [5.41, 5.74) is 1.82. The Hall–Kier alpha value is -3.13. The maximum absolute atomic E-state index is 12.5. The zero-order chi connectivity index (χ0) is 20.9. The van der Waals surface area contributed by atoms with E-state index in [1.165, 1.54) is 19.2 Å². The number of hydrogen-bond acceptors (Lipinski definition) is 5. The van der Waals surface area contributed by atoms with Crippen LogP contribution in [0.15, 0.2) is 65.6 Å². The fourth-order valence-corrected chi connectivity index (χ4v) is 4.10. The Kier molecular flexibility index (Phi) is 6.33. The number of anilines is 1. The summed E-state index contributed by atoms with van der Waals surface area (Å²) >= 11 is 0. The molecule has 1 heterocycles. The zero-order valence-electron chi connectivity index (χ0n) is 16.3. The van der Waals surface area contributed by atoms with Crippen molar-refractivity contribution in [3.05, 3.63) is 71.9 Å². The van der Waals surface area contributed by atoms with Crippen molar-refractivity contribution >= 4 is 21.6 Å². The molecule has 0 aliphatic heterocycles. The quantitative estimate of drug-likeness (QED) is 0.613. The van der Waals surface area contributed by atoms with Crippen LogP contribution in [0, 0.1) is 6.92 Å². The summed E-state index contributed by atoms with van der Waals surface area (Å²) < 4.78 is 31.7. The lowest BCUT2D eigenvalue weighted by molar-refractivity contribution is -0.115. The second-order valence-electron chi connectivity index (χ2n) is 6.61. The van der Waals surface area contributed by atoms with Crippen LogP contribution >= 0.6 is 0 Å². The lowest BCUT2D eigenvalue weighted by Crippen LogP contribution is -2.19. The largest absolute Gasteiger partial charge is 0.497 e. The molecule has 0 atom stereocenters. The smallest absolute Gasteiger partial charge is 0.226 e. The van der Waals surface area contributed by atoms with Gasteiger partial charge in [-0.15, -0.1) is 0 Å². The Labute approximate surface area is 170 Å². The molecule has 0 unspecified atom stereocenters. The van der Waals surface area contributed by atoms with Crippen molar-refractivity contribution in [3.8, 4) is 5.75 Å². The monoisotopic (exact) mass is 413 g/mol. The van der Waals surface area contributed by atoms with E-state index in [9.17, 15) is 13.2 Å². The Morgan fingerprint density at radius 2 is 1.79 bits per heavy atom. The van der Waals surface area contributed by atoms with E-state index in [0.29, 0.717) is 18.1 Å². The first-order chi connectivity index (χ1) is 13.9. The normalized spacial score (nSPS) is 11.2. The van der Waals surface area contributed by atoms with E-state index in [2.05, 4.69) is 10.4 Å². The number of carbonyl (C=O) groups is 1. The number of ether oxygens (including phenoxy) is 1. The minimum absolute atomic E-state index is 0.149. The van der Waals surface area contributed by atoms with Gasteiger partial charge in [0.05, 0.1) is 30.0 Å². The van der Waals surface area contributed by atoms with E-state index in [4.69, 9.17) is 4.74 Å². The molecule has 29 heavy (non-hydrogen) atoms. The molecule has 0 bridgehead atoms. The summed E-state index contributed by atoms with van der Waals surface area (Å²) in [6, 6.07) is 17.6. The molecule has 152 valence electrons. The molecular weight excluding hydrogens is 390 g/mol. The van der Waals surface area contributed by atoms with E-state index in [1.807, 2.05) is 37.3 Å². The topological polar surface area (TPSA) is 90.3 Å². The lowest BCUT2D eigenvalue weighted by atomic mass is 10.2. The van der Waals surface area contributed by atoms with Crippen molar-refractivity contribution in [1.29, 1.82) is 0 Å². The fraction of sp³-hybridized carbons (Fsp3) is 0.238. The van der Waals surface area contributed by atoms with Gasteiger partial charge in [-0.2, -0.15) is 5.10 Å². The molecule has 8 heteroatoms. The standard InChI is InChI=1S/C21H23N3O4S/c1-16-14-20(24(23-16)15-17-6-4-3-5-7-17)22-21(25)12-13-29(26,27)19-10-8-18(28-2)9-11-19/h3-11,14H,12-13,15H2,1-2H3,(H,22,25). The summed E-state index contributed by atoms with van der Waals surface area (Å²) in [5, 5.41) is 7.17. The number of benzene rings is 2. The predicted octanol–water partition coefficient (Wildman–Crippen LogP) is 3.05. The van der Waals surface area contributed by atoms with Crippen molar-refractivity contribution in [2.45, 2.75) is 24.8 Å². The van der Waals surface area contributed by atoms with Gasteiger partial charge in [-0.25, -0.2) is 13.1 Å². The predicted molar refractivity (Wildman–Crippen MR) is 111 cm³/mol. The lowest BCUT2D eigenvalue weighted by Gasteiger charge is -2.10. The van der Waals surface area contributed by atoms with Gasteiger partial charge >= 0.3 is 0 Å².